The van der Waals surface area contributed by atoms with Crippen LogP contribution in [0.2, 0.25) is 0 Å². The van der Waals surface area contributed by atoms with E-state index >= 15 is 0 Å². The Hall–Kier alpha value is -1.73. The number of ether oxygens (including phenoxy) is 1. The predicted octanol–water partition coefficient (Wildman–Crippen LogP) is 2.02. The van der Waals surface area contributed by atoms with Gasteiger partial charge in [-0.2, -0.15) is 0 Å². The zero-order valence-corrected chi connectivity index (χ0v) is 14.7. The molecule has 0 fully saturated rings. The third-order valence-corrected chi connectivity index (χ3v) is 4.66. The second-order valence-electron chi connectivity index (χ2n) is 5.71. The van der Waals surface area contributed by atoms with Crippen molar-refractivity contribution in [1.82, 2.24) is 0 Å². The maximum atomic E-state index is 11.8. The Bertz CT molecular complexity index is 660. The second-order valence-corrected chi connectivity index (χ2v) is 6.56. The van der Waals surface area contributed by atoms with Crippen molar-refractivity contribution in [1.29, 1.82) is 0 Å². The summed E-state index contributed by atoms with van der Waals surface area (Å²) in [7, 11) is 1.27. The Labute approximate surface area is 142 Å². The number of carbonyl (C=O) groups excluding carboxylic acids is 3. The van der Waals surface area contributed by atoms with E-state index in [4.69, 9.17) is 4.74 Å². The third kappa shape index (κ3) is 2.68. The molecule has 7 heteroatoms. The first-order valence-electron chi connectivity index (χ1n) is 7.15. The van der Waals surface area contributed by atoms with Crippen molar-refractivity contribution in [2.24, 2.45) is 0 Å². The number of carbonyl (C=O) groups is 3. The van der Waals surface area contributed by atoms with Crippen molar-refractivity contribution in [2.75, 3.05) is 12.0 Å². The monoisotopic (exact) mass is 383 g/mol. The van der Waals surface area contributed by atoms with E-state index in [1.807, 2.05) is 13.8 Å². The van der Waals surface area contributed by atoms with Crippen molar-refractivity contribution in [3.63, 3.8) is 0 Å². The van der Waals surface area contributed by atoms with Crippen LogP contribution in [0.1, 0.15) is 42.1 Å². The van der Waals surface area contributed by atoms with Crippen LogP contribution < -0.4 is 4.90 Å². The van der Waals surface area contributed by atoms with Crippen LogP contribution in [0.5, 0.6) is 0 Å². The lowest BCUT2D eigenvalue weighted by molar-refractivity contribution is -0.127. The molecule has 0 bridgehead atoms. The van der Waals surface area contributed by atoms with E-state index < -0.39 is 17.6 Å². The van der Waals surface area contributed by atoms with Crippen molar-refractivity contribution < 1.29 is 24.2 Å². The molecule has 2 atom stereocenters. The number of aliphatic hydroxyl groups is 1. The molecule has 2 unspecified atom stereocenters. The van der Waals surface area contributed by atoms with Gasteiger partial charge in [0.05, 0.1) is 18.4 Å². The molecular formula is C16H18BrNO5. The van der Waals surface area contributed by atoms with Gasteiger partial charge in [-0.25, -0.2) is 4.79 Å². The van der Waals surface area contributed by atoms with Crippen LogP contribution in [0.3, 0.4) is 0 Å². The molecule has 23 heavy (non-hydrogen) atoms. The molecule has 0 aromatic heterocycles. The largest absolute Gasteiger partial charge is 0.465 e. The number of methoxy groups -OCH3 is 1. The molecule has 1 aliphatic heterocycles. The Balaban J connectivity index is 2.74. The van der Waals surface area contributed by atoms with Gasteiger partial charge in [-0.15, -0.1) is 0 Å². The average Bonchev–Trinajstić information content (AvgIpc) is 2.77. The summed E-state index contributed by atoms with van der Waals surface area (Å²) in [5, 5.41) is 10.9. The fourth-order valence-electron chi connectivity index (χ4n) is 3.16. The lowest BCUT2D eigenvalue weighted by Gasteiger charge is -2.37. The molecule has 0 saturated carbocycles. The van der Waals surface area contributed by atoms with Crippen molar-refractivity contribution >= 4 is 40.2 Å². The number of anilines is 1. The number of nitrogens with zero attached hydrogens (tertiary/aromatic N) is 1. The average molecular weight is 384 g/mol. The number of rotatable bonds is 5. The normalized spacial score (nSPS) is 22.9. The Morgan fingerprint density at radius 1 is 1.48 bits per heavy atom. The van der Waals surface area contributed by atoms with Gasteiger partial charge in [0.2, 0.25) is 5.72 Å². The lowest BCUT2D eigenvalue weighted by atomic mass is 9.89. The molecular weight excluding hydrogens is 366 g/mol. The Morgan fingerprint density at radius 3 is 2.61 bits per heavy atom. The van der Waals surface area contributed by atoms with Crippen LogP contribution in [0.15, 0.2) is 16.6 Å². The molecule has 1 N–H and O–H groups in total. The number of hydrogen-bond donors (Lipinski definition) is 1. The van der Waals surface area contributed by atoms with E-state index in [0.717, 1.165) is 0 Å². The SMILES string of the molecule is COC(=O)c1cc(Br)c2c(c1)C(CC=O)C(O)(C=O)N2C(C)C. The van der Waals surface area contributed by atoms with Crippen LogP contribution in [0, 0.1) is 0 Å². The van der Waals surface area contributed by atoms with Gasteiger partial charge in [-0.3, -0.25) is 4.79 Å². The van der Waals surface area contributed by atoms with Crippen molar-refractivity contribution in [2.45, 2.75) is 38.0 Å². The fraction of sp³-hybridized carbons (Fsp3) is 0.438. The fourth-order valence-corrected chi connectivity index (χ4v) is 3.83. The molecule has 0 spiro atoms. The number of benzene rings is 1. The highest BCUT2D eigenvalue weighted by Gasteiger charge is 2.52. The Morgan fingerprint density at radius 2 is 2.13 bits per heavy atom. The highest BCUT2D eigenvalue weighted by Crippen LogP contribution is 2.51. The van der Waals surface area contributed by atoms with E-state index in [1.54, 1.807) is 17.0 Å². The van der Waals surface area contributed by atoms with E-state index in [2.05, 4.69) is 15.9 Å². The first-order chi connectivity index (χ1) is 10.8. The maximum absolute atomic E-state index is 11.8. The van der Waals surface area contributed by atoms with Crippen LogP contribution >= 0.6 is 15.9 Å². The molecule has 0 amide bonds. The van der Waals surface area contributed by atoms with Gasteiger partial charge < -0.3 is 19.5 Å². The molecule has 1 aromatic rings. The number of halogens is 1. The summed E-state index contributed by atoms with van der Waals surface area (Å²) in [6.07, 6.45) is 1.07. The molecule has 0 aliphatic carbocycles. The summed E-state index contributed by atoms with van der Waals surface area (Å²) in [6, 6.07) is 2.95. The minimum absolute atomic E-state index is 0.0392. The number of fused-ring (bicyclic) bond motifs is 1. The highest BCUT2D eigenvalue weighted by atomic mass is 79.9. The molecule has 1 aromatic carbocycles. The van der Waals surface area contributed by atoms with E-state index in [-0.39, 0.29) is 18.0 Å². The second kappa shape index (κ2) is 6.41. The van der Waals surface area contributed by atoms with Gasteiger partial charge in [0.25, 0.3) is 0 Å². The van der Waals surface area contributed by atoms with Gasteiger partial charge >= 0.3 is 5.97 Å². The molecule has 1 aliphatic rings. The first kappa shape index (κ1) is 17.6. The van der Waals surface area contributed by atoms with Crippen LogP contribution in [0.25, 0.3) is 0 Å². The zero-order chi connectivity index (χ0) is 17.4. The topological polar surface area (TPSA) is 83.9 Å². The summed E-state index contributed by atoms with van der Waals surface area (Å²) in [6.45, 7) is 3.67. The molecule has 2 rings (SSSR count). The highest BCUT2D eigenvalue weighted by molar-refractivity contribution is 9.10. The standard InChI is InChI=1S/C16H18BrNO5/c1-9(2)18-14-11(12(4-5-19)16(18,22)8-20)6-10(7-13(14)17)15(21)23-3/h5-9,12,22H,4H2,1-3H3. The van der Waals surface area contributed by atoms with Crippen LogP contribution in [0.4, 0.5) is 5.69 Å². The minimum Gasteiger partial charge on any atom is -0.465 e. The quantitative estimate of drug-likeness (QED) is 0.618. The summed E-state index contributed by atoms with van der Waals surface area (Å²) in [5.74, 6) is -1.29. The van der Waals surface area contributed by atoms with Crippen molar-refractivity contribution in [3.05, 3.63) is 27.7 Å². The lowest BCUT2D eigenvalue weighted by Crippen LogP contribution is -2.53. The molecule has 6 nitrogen and oxygen atoms in total. The summed E-state index contributed by atoms with van der Waals surface area (Å²) in [4.78, 5) is 36.1. The number of aldehydes is 2. The summed E-state index contributed by atoms with van der Waals surface area (Å²) < 4.78 is 5.28. The molecule has 0 saturated heterocycles. The minimum atomic E-state index is -1.84. The van der Waals surface area contributed by atoms with Gasteiger partial charge in [0, 0.05) is 22.9 Å². The molecule has 124 valence electrons. The van der Waals surface area contributed by atoms with E-state index in [1.165, 1.54) is 7.11 Å². The summed E-state index contributed by atoms with van der Waals surface area (Å²) >= 11 is 3.40. The van der Waals surface area contributed by atoms with Gasteiger partial charge in [0.15, 0.2) is 6.29 Å². The number of hydrogen-bond acceptors (Lipinski definition) is 6. The van der Waals surface area contributed by atoms with E-state index in [0.29, 0.717) is 28.3 Å². The van der Waals surface area contributed by atoms with Crippen molar-refractivity contribution in [3.8, 4) is 0 Å². The predicted molar refractivity (Wildman–Crippen MR) is 87.5 cm³/mol. The van der Waals surface area contributed by atoms with E-state index in [9.17, 15) is 19.5 Å². The van der Waals surface area contributed by atoms with Gasteiger partial charge in [-0.1, -0.05) is 0 Å². The third-order valence-electron chi connectivity index (χ3n) is 4.05. The van der Waals surface area contributed by atoms with Gasteiger partial charge in [0.1, 0.15) is 6.29 Å². The molecule has 1 heterocycles. The first-order valence-corrected chi connectivity index (χ1v) is 7.94. The zero-order valence-electron chi connectivity index (χ0n) is 13.1. The van der Waals surface area contributed by atoms with Gasteiger partial charge in [-0.05, 0) is 47.5 Å². The smallest absolute Gasteiger partial charge is 0.337 e. The molecule has 0 radical (unpaired) electrons. The summed E-state index contributed by atoms with van der Waals surface area (Å²) in [5.41, 5.74) is -0.383. The van der Waals surface area contributed by atoms with Crippen LogP contribution in [-0.2, 0) is 14.3 Å². The maximum Gasteiger partial charge on any atom is 0.337 e. The van der Waals surface area contributed by atoms with Crippen LogP contribution in [-0.4, -0.2) is 42.5 Å². The number of esters is 1. The Kier molecular flexibility index (Phi) is 4.91.